The monoisotopic (exact) mass is 368 g/mol. The summed E-state index contributed by atoms with van der Waals surface area (Å²) in [5.74, 6) is -1.60. The Balaban J connectivity index is 0. The summed E-state index contributed by atoms with van der Waals surface area (Å²) in [6.07, 6.45) is 13.7. The molecular formula is C19H37KO4. The number of rotatable bonds is 13. The molecule has 24 heavy (non-hydrogen) atoms. The first kappa shape index (κ1) is 26.8. The van der Waals surface area contributed by atoms with Gasteiger partial charge in [0.15, 0.2) is 0 Å². The summed E-state index contributed by atoms with van der Waals surface area (Å²) in [5.41, 5.74) is 0. The minimum Gasteiger partial charge on any atom is -0.481 e. The van der Waals surface area contributed by atoms with E-state index in [-0.39, 0.29) is 0 Å². The zero-order valence-electron chi connectivity index (χ0n) is 16.6. The van der Waals surface area contributed by atoms with Crippen molar-refractivity contribution in [2.24, 2.45) is 5.92 Å². The fraction of sp³-hybridized carbons (Fsp3) is 0.895. The van der Waals surface area contributed by atoms with Crippen molar-refractivity contribution >= 4 is 60.9 Å². The molecule has 0 heterocycles. The van der Waals surface area contributed by atoms with Gasteiger partial charge in [-0.15, -0.1) is 0 Å². The van der Waals surface area contributed by atoms with Crippen molar-refractivity contribution < 1.29 is 19.8 Å². The molecule has 0 bridgehead atoms. The number of carbonyl (C=O) groups is 2. The number of carboxylic acids is 2. The Kier molecular flexibility index (Phi) is 19.0. The van der Waals surface area contributed by atoms with Gasteiger partial charge < -0.3 is 10.2 Å². The third-order valence-electron chi connectivity index (χ3n) is 4.73. The van der Waals surface area contributed by atoms with Crippen molar-refractivity contribution in [2.75, 3.05) is 0 Å². The summed E-state index contributed by atoms with van der Waals surface area (Å²) in [6, 6.07) is 0. The summed E-state index contributed by atoms with van der Waals surface area (Å²) >= 11 is 0.985. The summed E-state index contributed by atoms with van der Waals surface area (Å²) in [4.78, 5) is 18.9. The second kappa shape index (κ2) is 17.0. The van der Waals surface area contributed by atoms with Crippen molar-refractivity contribution in [2.45, 2.75) is 97.8 Å². The molecule has 0 aliphatic rings. The van der Waals surface area contributed by atoms with Gasteiger partial charge in [0.05, 0.1) is 0 Å². The Labute approximate surface area is 182 Å². The van der Waals surface area contributed by atoms with E-state index >= 15 is 0 Å². The molecule has 0 radical (unpaired) electrons. The van der Waals surface area contributed by atoms with Gasteiger partial charge in [-0.3, -0.25) is 9.59 Å². The van der Waals surface area contributed by atoms with E-state index in [0.29, 0.717) is 0 Å². The van der Waals surface area contributed by atoms with Crippen molar-refractivity contribution in [1.29, 1.82) is 0 Å². The van der Waals surface area contributed by atoms with E-state index in [4.69, 9.17) is 10.2 Å². The van der Waals surface area contributed by atoms with E-state index in [0.717, 1.165) is 54.4 Å². The average Bonchev–Trinajstić information content (AvgIpc) is 2.47. The summed E-state index contributed by atoms with van der Waals surface area (Å²) in [7, 11) is 0. The van der Waals surface area contributed by atoms with Crippen molar-refractivity contribution in [1.82, 2.24) is 0 Å². The number of carboxylic acid groups (broad SMARTS) is 2. The second-order valence-electron chi connectivity index (χ2n) is 7.36. The minimum atomic E-state index is -1.31. The van der Waals surface area contributed by atoms with E-state index in [9.17, 15) is 9.59 Å². The summed E-state index contributed by atoms with van der Waals surface area (Å²) in [5, 5.41) is 15.4. The van der Waals surface area contributed by atoms with Crippen LogP contribution >= 0.6 is 0 Å². The van der Waals surface area contributed by atoms with Crippen LogP contribution in [0.25, 0.3) is 0 Å². The number of aliphatic carboxylic acids is 2. The molecule has 4 nitrogen and oxygen atoms in total. The van der Waals surface area contributed by atoms with Crippen LogP contribution in [0.2, 0.25) is -0.490 Å². The van der Waals surface area contributed by atoms with Gasteiger partial charge in [-0.25, -0.2) is 0 Å². The maximum atomic E-state index is 9.43. The molecule has 0 aliphatic carbocycles. The molecule has 0 aromatic rings. The van der Waals surface area contributed by atoms with E-state index in [1.165, 1.54) is 64.2 Å². The first-order valence-electron chi connectivity index (χ1n) is 9.64. The normalized spacial score (nSPS) is 14.2. The van der Waals surface area contributed by atoms with Crippen LogP contribution in [-0.2, 0) is 9.59 Å². The molecule has 0 fully saturated rings. The molecule has 0 aromatic heterocycles. The van der Waals surface area contributed by atoms with Gasteiger partial charge in [0, 0.05) is 0 Å². The van der Waals surface area contributed by atoms with Gasteiger partial charge >= 0.3 is 158 Å². The Hall–Kier alpha value is 0.576. The van der Waals surface area contributed by atoms with Crippen molar-refractivity contribution in [3.05, 3.63) is 0 Å². The molecular weight excluding hydrogens is 331 g/mol. The van der Waals surface area contributed by atoms with Gasteiger partial charge in [-0.2, -0.15) is 0 Å². The standard InChI is InChI=1S/C16H33.C3H4O4.K/c1-5-8-10-12-13-15(4)16(7-3)14-11-9-6-2;4-2(5)1-3(6)7;/h16H,5-14H2,1-4H3;1H2,(H,4,5)(H,6,7);. The number of hydrogen-bond donors (Lipinski definition) is 2. The van der Waals surface area contributed by atoms with Crippen LogP contribution in [0.15, 0.2) is 0 Å². The average molecular weight is 369 g/mol. The molecule has 0 amide bonds. The maximum absolute atomic E-state index is 9.43. The Morgan fingerprint density at radius 3 is 1.79 bits per heavy atom. The zero-order chi connectivity index (χ0) is 19.0. The number of hydrogen-bond acceptors (Lipinski definition) is 2. The smallest absolute Gasteiger partial charge is 0.314 e. The van der Waals surface area contributed by atoms with Crippen molar-refractivity contribution in [3.63, 3.8) is 0 Å². The van der Waals surface area contributed by atoms with Crippen LogP contribution in [0.1, 0.15) is 98.3 Å². The summed E-state index contributed by atoms with van der Waals surface area (Å²) < 4.78 is 0.753. The Morgan fingerprint density at radius 1 is 0.917 bits per heavy atom. The molecule has 0 aromatic carbocycles. The van der Waals surface area contributed by atoms with E-state index < -0.39 is 18.4 Å². The van der Waals surface area contributed by atoms with Crippen LogP contribution in [-0.4, -0.2) is 71.1 Å². The molecule has 0 spiro atoms. The molecule has 0 rings (SSSR count). The Morgan fingerprint density at radius 2 is 1.42 bits per heavy atom. The van der Waals surface area contributed by atoms with Gasteiger partial charge in [0.2, 0.25) is 0 Å². The number of unbranched alkanes of at least 4 members (excludes halogenated alkanes) is 5. The Bertz CT molecular complexity index is 317. The first-order chi connectivity index (χ1) is 11.2. The summed E-state index contributed by atoms with van der Waals surface area (Å²) in [6.45, 7) is 9.61. The fourth-order valence-corrected chi connectivity index (χ4v) is 4.77. The van der Waals surface area contributed by atoms with E-state index in [1.807, 2.05) is 0 Å². The van der Waals surface area contributed by atoms with Gasteiger partial charge in [-0.1, -0.05) is 0 Å². The predicted molar refractivity (Wildman–Crippen MR) is 101 cm³/mol. The largest absolute Gasteiger partial charge is 0.481 e. The molecule has 2 N–H and O–H groups in total. The van der Waals surface area contributed by atoms with Crippen LogP contribution in [0.5, 0.6) is 0 Å². The molecule has 5 heteroatoms. The predicted octanol–water partition coefficient (Wildman–Crippen LogP) is 5.46. The zero-order valence-corrected chi connectivity index (χ0v) is 19.7. The third-order valence-corrected chi connectivity index (χ3v) is 6.79. The van der Waals surface area contributed by atoms with Crippen LogP contribution in [0.3, 0.4) is 0 Å². The molecule has 2 atom stereocenters. The van der Waals surface area contributed by atoms with Crippen LogP contribution in [0.4, 0.5) is 0 Å². The van der Waals surface area contributed by atoms with Crippen LogP contribution < -0.4 is 0 Å². The van der Waals surface area contributed by atoms with E-state index in [2.05, 4.69) is 27.7 Å². The first-order valence-corrected chi connectivity index (χ1v) is 11.2. The molecule has 0 saturated heterocycles. The van der Waals surface area contributed by atoms with Gasteiger partial charge in [0.1, 0.15) is 6.42 Å². The topological polar surface area (TPSA) is 74.6 Å². The van der Waals surface area contributed by atoms with Gasteiger partial charge in [-0.05, 0) is 0 Å². The minimum absolute atomic E-state index is 0.753. The molecule has 0 saturated carbocycles. The van der Waals surface area contributed by atoms with E-state index in [1.54, 1.807) is 0 Å². The van der Waals surface area contributed by atoms with Crippen LogP contribution in [0, 0.1) is 5.92 Å². The molecule has 2 unspecified atom stereocenters. The second-order valence-corrected chi connectivity index (χ2v) is 10.9. The molecule has 138 valence electrons. The quantitative estimate of drug-likeness (QED) is 0.257. The maximum Gasteiger partial charge on any atom is 0.314 e. The van der Waals surface area contributed by atoms with Crippen molar-refractivity contribution in [3.8, 4) is 0 Å². The fourth-order valence-electron chi connectivity index (χ4n) is 3.13. The SMILES string of the molecule is CCCCCC[C](C)([K])C(CC)CCCCC.O=C(O)CC(=O)O. The van der Waals surface area contributed by atoms with Gasteiger partial charge in [0.25, 0.3) is 0 Å². The third kappa shape index (κ3) is 17.4. The molecule has 0 aliphatic heterocycles.